The number of nitriles is 1. The number of hydrogen-bond donors (Lipinski definition) is 0. The quantitative estimate of drug-likeness (QED) is 0.171. The molecule has 0 amide bonds. The van der Waals surface area contributed by atoms with Gasteiger partial charge < -0.3 is 9.30 Å². The van der Waals surface area contributed by atoms with Crippen LogP contribution in [0.25, 0.3) is 49.7 Å². The fraction of sp³-hybridized carbons (Fsp3) is 0.229. The van der Waals surface area contributed by atoms with Crippen LogP contribution in [0.3, 0.4) is 0 Å². The van der Waals surface area contributed by atoms with Crippen molar-refractivity contribution in [3.05, 3.63) is 130 Å². The van der Waals surface area contributed by atoms with Crippen LogP contribution in [0.1, 0.15) is 74.9 Å². The summed E-state index contributed by atoms with van der Waals surface area (Å²) < 4.78 is 9.50. The van der Waals surface area contributed by atoms with E-state index in [1.807, 2.05) is 24.3 Å². The summed E-state index contributed by atoms with van der Waals surface area (Å²) in [5.41, 5.74) is 19.2. The Labute approximate surface area is 307 Å². The number of fused-ring (bicyclic) bond motifs is 7. The Morgan fingerprint density at radius 3 is 1.96 bits per heavy atom. The third kappa shape index (κ3) is 4.79. The van der Waals surface area contributed by atoms with Crippen LogP contribution >= 0.6 is 0 Å². The van der Waals surface area contributed by atoms with Crippen LogP contribution in [-0.4, -0.2) is 11.3 Å². The summed E-state index contributed by atoms with van der Waals surface area (Å²) >= 11 is 0. The Hall–Kier alpha value is -5.53. The van der Waals surface area contributed by atoms with Crippen LogP contribution in [0.2, 0.25) is 0 Å². The predicted octanol–water partition coefficient (Wildman–Crippen LogP) is 10.4. The van der Waals surface area contributed by atoms with Gasteiger partial charge in [0, 0.05) is 22.0 Å². The number of aromatic nitrogens is 1. The number of benzene rings is 6. The average molecular weight is 675 g/mol. The molecule has 7 aromatic rings. The molecule has 0 bridgehead atoms. The summed E-state index contributed by atoms with van der Waals surface area (Å²) in [5, 5.41) is 12.1. The van der Waals surface area contributed by atoms with Crippen molar-refractivity contribution in [1.29, 1.82) is 5.26 Å². The molecular formula is C48H43BN2O. The molecular weight excluding hydrogens is 631 g/mol. The van der Waals surface area contributed by atoms with Crippen LogP contribution in [-0.2, 0) is 10.8 Å². The SMILES string of the molecule is Cc1cc(C)c(-c2ccc3c(c2)B2c4c(cc(-c5ccc(C#N)cc5)cc4-n4c5ccc(C(C)(C)C)cc5c5cc(C(C)(C)C)cc2c54)O3)c(C)c1. The molecule has 0 radical (unpaired) electrons. The van der Waals surface area contributed by atoms with Gasteiger partial charge >= 0.3 is 0 Å². The summed E-state index contributed by atoms with van der Waals surface area (Å²) in [6.07, 6.45) is 0. The third-order valence-electron chi connectivity index (χ3n) is 11.4. The normalized spacial score (nSPS) is 13.2. The Morgan fingerprint density at radius 2 is 1.29 bits per heavy atom. The Bertz CT molecular complexity index is 2690. The van der Waals surface area contributed by atoms with E-state index in [0.717, 1.165) is 28.3 Å². The Morgan fingerprint density at radius 1 is 0.615 bits per heavy atom. The molecule has 0 saturated carbocycles. The van der Waals surface area contributed by atoms with Gasteiger partial charge in [0.2, 0.25) is 0 Å². The molecule has 0 saturated heterocycles. The molecule has 52 heavy (non-hydrogen) atoms. The van der Waals surface area contributed by atoms with E-state index < -0.39 is 0 Å². The minimum Gasteiger partial charge on any atom is -0.458 e. The number of aryl methyl sites for hydroxylation is 3. The molecule has 0 spiro atoms. The van der Waals surface area contributed by atoms with Gasteiger partial charge in [0.15, 0.2) is 0 Å². The molecule has 6 aromatic carbocycles. The van der Waals surface area contributed by atoms with E-state index in [-0.39, 0.29) is 17.5 Å². The van der Waals surface area contributed by atoms with Crippen LogP contribution in [0.5, 0.6) is 11.5 Å². The van der Waals surface area contributed by atoms with E-state index in [2.05, 4.69) is 146 Å². The molecule has 3 heterocycles. The molecule has 0 atom stereocenters. The maximum atomic E-state index is 9.52. The molecule has 0 fully saturated rings. The van der Waals surface area contributed by atoms with E-state index in [9.17, 15) is 5.26 Å². The van der Waals surface area contributed by atoms with E-state index in [0.29, 0.717) is 5.56 Å². The lowest BCUT2D eigenvalue weighted by atomic mass is 9.34. The first-order valence-electron chi connectivity index (χ1n) is 18.4. The average Bonchev–Trinajstić information content (AvgIpc) is 3.43. The lowest BCUT2D eigenvalue weighted by Gasteiger charge is -2.35. The van der Waals surface area contributed by atoms with Crippen molar-refractivity contribution in [2.45, 2.75) is 73.1 Å². The molecule has 0 N–H and O–H groups in total. The van der Waals surface area contributed by atoms with Gasteiger partial charge in [-0.3, -0.25) is 0 Å². The fourth-order valence-corrected chi connectivity index (χ4v) is 8.88. The van der Waals surface area contributed by atoms with Crippen molar-refractivity contribution in [2.24, 2.45) is 0 Å². The van der Waals surface area contributed by atoms with Crippen molar-refractivity contribution < 1.29 is 4.74 Å². The molecule has 254 valence electrons. The summed E-state index contributed by atoms with van der Waals surface area (Å²) in [7, 11) is 0. The first-order valence-corrected chi connectivity index (χ1v) is 18.4. The summed E-state index contributed by atoms with van der Waals surface area (Å²) in [6.45, 7) is 20.5. The van der Waals surface area contributed by atoms with E-state index in [1.165, 1.54) is 77.1 Å². The largest absolute Gasteiger partial charge is 0.458 e. The molecule has 0 aliphatic carbocycles. The van der Waals surface area contributed by atoms with Gasteiger partial charge in [0.25, 0.3) is 6.71 Å². The molecule has 2 aliphatic rings. The van der Waals surface area contributed by atoms with Crippen molar-refractivity contribution in [3.63, 3.8) is 0 Å². The monoisotopic (exact) mass is 674 g/mol. The standard InChI is InChI=1S/C48H43BN2O/c1-27-18-28(2)44(29(3)19-27)32-14-17-42-38(20-32)49-39-25-35(48(7,8)9)24-37-36-23-34(47(4,5)6)15-16-40(36)51(46(37)39)41-21-33(22-43(52-42)45(41)49)31-12-10-30(26-50)11-13-31/h10-25H,1-9H3. The Kier molecular flexibility index (Phi) is 6.84. The zero-order chi connectivity index (χ0) is 36.4. The molecule has 0 unspecified atom stereocenters. The summed E-state index contributed by atoms with van der Waals surface area (Å²) in [5.74, 6) is 1.79. The van der Waals surface area contributed by atoms with Crippen LogP contribution in [0.4, 0.5) is 0 Å². The maximum Gasteiger partial charge on any atom is 0.256 e. The van der Waals surface area contributed by atoms with Crippen LogP contribution in [0.15, 0.2) is 97.1 Å². The van der Waals surface area contributed by atoms with Gasteiger partial charge in [0.05, 0.1) is 17.1 Å². The van der Waals surface area contributed by atoms with Gasteiger partial charge in [0.1, 0.15) is 11.5 Å². The van der Waals surface area contributed by atoms with Gasteiger partial charge in [-0.25, -0.2) is 0 Å². The third-order valence-corrected chi connectivity index (χ3v) is 11.4. The topological polar surface area (TPSA) is 38.0 Å². The lowest BCUT2D eigenvalue weighted by molar-refractivity contribution is 0.487. The van der Waals surface area contributed by atoms with Gasteiger partial charge in [-0.05, 0) is 141 Å². The molecule has 4 heteroatoms. The van der Waals surface area contributed by atoms with Crippen molar-refractivity contribution >= 4 is 44.9 Å². The Balaban J connectivity index is 1.41. The molecule has 1 aromatic heterocycles. The number of hydrogen-bond acceptors (Lipinski definition) is 2. The fourth-order valence-electron chi connectivity index (χ4n) is 8.88. The highest BCUT2D eigenvalue weighted by molar-refractivity contribution is 6.99. The minimum absolute atomic E-state index is 0.0153. The second-order valence-electron chi connectivity index (χ2n) is 17.2. The number of nitrogens with zero attached hydrogens (tertiary/aromatic N) is 2. The van der Waals surface area contributed by atoms with Crippen LogP contribution < -0.4 is 21.1 Å². The molecule has 9 rings (SSSR count). The predicted molar refractivity (Wildman–Crippen MR) is 219 cm³/mol. The smallest absolute Gasteiger partial charge is 0.256 e. The molecule has 3 nitrogen and oxygen atoms in total. The van der Waals surface area contributed by atoms with Gasteiger partial charge in [-0.15, -0.1) is 0 Å². The first kappa shape index (κ1) is 32.4. The van der Waals surface area contributed by atoms with Crippen molar-refractivity contribution in [3.8, 4) is 45.5 Å². The van der Waals surface area contributed by atoms with Gasteiger partial charge in [-0.1, -0.05) is 95.6 Å². The highest BCUT2D eigenvalue weighted by atomic mass is 16.5. The second-order valence-corrected chi connectivity index (χ2v) is 17.2. The highest BCUT2D eigenvalue weighted by Crippen LogP contribution is 2.43. The maximum absolute atomic E-state index is 9.52. The van der Waals surface area contributed by atoms with Crippen LogP contribution in [0, 0.1) is 32.1 Å². The zero-order valence-electron chi connectivity index (χ0n) is 31.6. The van der Waals surface area contributed by atoms with Crippen molar-refractivity contribution in [1.82, 2.24) is 4.57 Å². The summed E-state index contributed by atoms with van der Waals surface area (Å²) in [6, 6.07) is 38.1. The number of ether oxygens (including phenoxy) is 1. The van der Waals surface area contributed by atoms with E-state index in [4.69, 9.17) is 4.74 Å². The number of rotatable bonds is 2. The first-order chi connectivity index (χ1) is 24.7. The lowest BCUT2D eigenvalue weighted by Crippen LogP contribution is -2.58. The highest BCUT2D eigenvalue weighted by Gasteiger charge is 2.42. The van der Waals surface area contributed by atoms with E-state index in [1.54, 1.807) is 0 Å². The second kappa shape index (κ2) is 11.0. The molecule has 2 aliphatic heterocycles. The summed E-state index contributed by atoms with van der Waals surface area (Å²) in [4.78, 5) is 0. The van der Waals surface area contributed by atoms with Gasteiger partial charge in [-0.2, -0.15) is 5.26 Å². The van der Waals surface area contributed by atoms with E-state index >= 15 is 0 Å². The van der Waals surface area contributed by atoms with Crippen molar-refractivity contribution in [2.75, 3.05) is 0 Å². The zero-order valence-corrected chi connectivity index (χ0v) is 31.6. The minimum atomic E-state index is -0.0464.